The highest BCUT2D eigenvalue weighted by Crippen LogP contribution is 2.30. The Balaban J connectivity index is 2.38. The van der Waals surface area contributed by atoms with Crippen molar-refractivity contribution in [3.8, 4) is 11.1 Å². The first kappa shape index (κ1) is 14.7. The van der Waals surface area contributed by atoms with E-state index in [2.05, 4.69) is 5.32 Å². The summed E-state index contributed by atoms with van der Waals surface area (Å²) >= 11 is 0. The van der Waals surface area contributed by atoms with Gasteiger partial charge in [-0.25, -0.2) is 0 Å². The molecule has 2 aromatic carbocycles. The maximum Gasteiger partial charge on any atom is 0.247 e. The van der Waals surface area contributed by atoms with E-state index in [1.54, 1.807) is 24.3 Å². The Bertz CT molecular complexity index is 665. The monoisotopic (exact) mass is 284 g/mol. The molecule has 2 amide bonds. The van der Waals surface area contributed by atoms with Crippen LogP contribution in [0.4, 0.5) is 11.4 Å². The van der Waals surface area contributed by atoms with Crippen LogP contribution in [0.2, 0.25) is 0 Å². The third kappa shape index (κ3) is 3.46. The first-order valence-electron chi connectivity index (χ1n) is 6.45. The van der Waals surface area contributed by atoms with Gasteiger partial charge in [-0.05, 0) is 23.8 Å². The molecule has 0 saturated carbocycles. The minimum atomic E-state index is -0.461. The van der Waals surface area contributed by atoms with Gasteiger partial charge in [-0.15, -0.1) is 0 Å². The van der Waals surface area contributed by atoms with E-state index in [0.717, 1.165) is 11.1 Å². The number of nitrogens with one attached hydrogen (secondary N) is 1. The summed E-state index contributed by atoms with van der Waals surface area (Å²) in [5, 5.41) is 13.1. The number of amides is 2. The first-order chi connectivity index (χ1) is 9.99. The van der Waals surface area contributed by atoms with E-state index in [1.807, 2.05) is 24.3 Å². The molecule has 0 fully saturated rings. The van der Waals surface area contributed by atoms with Gasteiger partial charge in [0.05, 0.1) is 5.69 Å². The van der Waals surface area contributed by atoms with Gasteiger partial charge in [0.25, 0.3) is 0 Å². The van der Waals surface area contributed by atoms with Crippen LogP contribution in [-0.4, -0.2) is 17.0 Å². The van der Waals surface area contributed by atoms with Crippen LogP contribution in [0.1, 0.15) is 13.8 Å². The normalized spacial score (nSPS) is 10.0. The van der Waals surface area contributed by atoms with Crippen molar-refractivity contribution in [3.63, 3.8) is 0 Å². The topological polar surface area (TPSA) is 69.6 Å². The molecule has 0 atom stereocenters. The minimum absolute atomic E-state index is 0.138. The molecule has 0 unspecified atom stereocenters. The van der Waals surface area contributed by atoms with Gasteiger partial charge in [0, 0.05) is 25.1 Å². The smallest absolute Gasteiger partial charge is 0.247 e. The number of anilines is 2. The lowest BCUT2D eigenvalue weighted by molar-refractivity contribution is -0.121. The Morgan fingerprint density at radius 2 is 1.62 bits per heavy atom. The van der Waals surface area contributed by atoms with Gasteiger partial charge in [0.1, 0.15) is 0 Å². The van der Waals surface area contributed by atoms with Crippen LogP contribution < -0.4 is 10.4 Å². The van der Waals surface area contributed by atoms with Gasteiger partial charge in [-0.2, -0.15) is 5.06 Å². The van der Waals surface area contributed by atoms with Crippen LogP contribution in [-0.2, 0) is 9.59 Å². The fraction of sp³-hybridized carbons (Fsp3) is 0.125. The summed E-state index contributed by atoms with van der Waals surface area (Å²) in [4.78, 5) is 22.3. The number of benzene rings is 2. The van der Waals surface area contributed by atoms with Crippen molar-refractivity contribution in [2.45, 2.75) is 13.8 Å². The summed E-state index contributed by atoms with van der Waals surface area (Å²) in [6.07, 6.45) is 0. The molecule has 0 spiro atoms. The van der Waals surface area contributed by atoms with Gasteiger partial charge in [-0.3, -0.25) is 14.8 Å². The predicted molar refractivity (Wildman–Crippen MR) is 81.1 cm³/mol. The van der Waals surface area contributed by atoms with Gasteiger partial charge < -0.3 is 5.32 Å². The second kappa shape index (κ2) is 6.19. The lowest BCUT2D eigenvalue weighted by Gasteiger charge is -2.17. The van der Waals surface area contributed by atoms with E-state index in [4.69, 9.17) is 0 Å². The average Bonchev–Trinajstić information content (AvgIpc) is 2.46. The molecule has 0 saturated heterocycles. The molecule has 2 N–H and O–H groups in total. The van der Waals surface area contributed by atoms with Crippen molar-refractivity contribution in [2.75, 3.05) is 10.4 Å². The molecule has 0 aliphatic heterocycles. The number of carbonyl (C=O) groups is 2. The van der Waals surface area contributed by atoms with Crippen LogP contribution in [0.5, 0.6) is 0 Å². The number of rotatable bonds is 3. The number of hydrogen-bond acceptors (Lipinski definition) is 3. The molecule has 0 bridgehead atoms. The Kier molecular flexibility index (Phi) is 4.35. The zero-order valence-electron chi connectivity index (χ0n) is 11.8. The minimum Gasteiger partial charge on any atom is -0.326 e. The third-order valence-corrected chi connectivity index (χ3v) is 2.95. The Morgan fingerprint density at radius 3 is 2.19 bits per heavy atom. The van der Waals surface area contributed by atoms with Gasteiger partial charge in [0.15, 0.2) is 0 Å². The van der Waals surface area contributed by atoms with Crippen LogP contribution in [0, 0.1) is 0 Å². The standard InChI is InChI=1S/C16H16N2O3/c1-11(19)17-14-9-7-13(8-10-14)15-5-3-4-6-16(15)18(21)12(2)20/h3-10,21H,1-2H3,(H,17,19). The van der Waals surface area contributed by atoms with E-state index in [-0.39, 0.29) is 5.91 Å². The zero-order valence-corrected chi connectivity index (χ0v) is 11.8. The van der Waals surface area contributed by atoms with E-state index in [1.165, 1.54) is 13.8 Å². The summed E-state index contributed by atoms with van der Waals surface area (Å²) in [5.74, 6) is -0.599. The summed E-state index contributed by atoms with van der Waals surface area (Å²) in [6.45, 7) is 2.73. The fourth-order valence-electron chi connectivity index (χ4n) is 2.01. The van der Waals surface area contributed by atoms with E-state index in [9.17, 15) is 14.8 Å². The van der Waals surface area contributed by atoms with Crippen molar-refractivity contribution in [3.05, 3.63) is 48.5 Å². The molecule has 5 nitrogen and oxygen atoms in total. The van der Waals surface area contributed by atoms with Crippen LogP contribution in [0.25, 0.3) is 11.1 Å². The maximum absolute atomic E-state index is 11.3. The fourth-order valence-corrected chi connectivity index (χ4v) is 2.01. The lowest BCUT2D eigenvalue weighted by Crippen LogP contribution is -2.24. The van der Waals surface area contributed by atoms with Gasteiger partial charge >= 0.3 is 0 Å². The SMILES string of the molecule is CC(=O)Nc1ccc(-c2ccccc2N(O)C(C)=O)cc1. The van der Waals surface area contributed by atoms with Crippen molar-refractivity contribution >= 4 is 23.2 Å². The molecular weight excluding hydrogens is 268 g/mol. The molecule has 0 aromatic heterocycles. The molecule has 2 rings (SSSR count). The molecule has 5 heteroatoms. The molecule has 108 valence electrons. The number of hydrogen-bond donors (Lipinski definition) is 2. The van der Waals surface area contributed by atoms with Crippen molar-refractivity contribution in [1.82, 2.24) is 0 Å². The second-order valence-corrected chi connectivity index (χ2v) is 4.61. The van der Waals surface area contributed by atoms with Crippen molar-refractivity contribution in [1.29, 1.82) is 0 Å². The Morgan fingerprint density at radius 1 is 1.00 bits per heavy atom. The predicted octanol–water partition coefficient (Wildman–Crippen LogP) is 3.05. The number of nitrogens with zero attached hydrogens (tertiary/aromatic N) is 1. The van der Waals surface area contributed by atoms with Crippen molar-refractivity contribution in [2.24, 2.45) is 0 Å². The molecule has 0 aliphatic rings. The van der Waals surface area contributed by atoms with Gasteiger partial charge in [-0.1, -0.05) is 30.3 Å². The van der Waals surface area contributed by atoms with E-state index >= 15 is 0 Å². The molecule has 0 radical (unpaired) electrons. The molecule has 2 aromatic rings. The summed E-state index contributed by atoms with van der Waals surface area (Å²) in [6, 6.07) is 14.2. The summed E-state index contributed by atoms with van der Waals surface area (Å²) in [7, 11) is 0. The zero-order chi connectivity index (χ0) is 15.4. The van der Waals surface area contributed by atoms with Crippen molar-refractivity contribution < 1.29 is 14.8 Å². The molecular formula is C16H16N2O3. The largest absolute Gasteiger partial charge is 0.326 e. The number of hydroxylamine groups is 1. The van der Waals surface area contributed by atoms with Crippen LogP contribution in [0.15, 0.2) is 48.5 Å². The summed E-state index contributed by atoms with van der Waals surface area (Å²) < 4.78 is 0. The molecule has 0 aliphatic carbocycles. The van der Waals surface area contributed by atoms with Gasteiger partial charge in [0.2, 0.25) is 11.8 Å². The quantitative estimate of drug-likeness (QED) is 0.672. The average molecular weight is 284 g/mol. The van der Waals surface area contributed by atoms with Crippen LogP contribution >= 0.6 is 0 Å². The second-order valence-electron chi connectivity index (χ2n) is 4.61. The first-order valence-corrected chi connectivity index (χ1v) is 6.45. The number of para-hydroxylation sites is 1. The highest BCUT2D eigenvalue weighted by atomic mass is 16.5. The molecule has 21 heavy (non-hydrogen) atoms. The molecule has 0 heterocycles. The Hall–Kier alpha value is -2.66. The van der Waals surface area contributed by atoms with E-state index < -0.39 is 5.91 Å². The Labute approximate surface area is 122 Å². The highest BCUT2D eigenvalue weighted by molar-refractivity contribution is 5.94. The maximum atomic E-state index is 11.3. The lowest BCUT2D eigenvalue weighted by atomic mass is 10.0. The summed E-state index contributed by atoms with van der Waals surface area (Å²) in [5.41, 5.74) is 2.66. The third-order valence-electron chi connectivity index (χ3n) is 2.95. The number of carbonyl (C=O) groups excluding carboxylic acids is 2. The van der Waals surface area contributed by atoms with Crippen LogP contribution in [0.3, 0.4) is 0 Å². The van der Waals surface area contributed by atoms with E-state index in [0.29, 0.717) is 16.4 Å². The highest BCUT2D eigenvalue weighted by Gasteiger charge is 2.13.